The molecule has 1 heterocycles. The summed E-state index contributed by atoms with van der Waals surface area (Å²) in [5.41, 5.74) is 1.68. The van der Waals surface area contributed by atoms with E-state index in [2.05, 4.69) is 0 Å². The molecule has 0 atom stereocenters. The summed E-state index contributed by atoms with van der Waals surface area (Å²) >= 11 is 11.8. The second kappa shape index (κ2) is 2.68. The van der Waals surface area contributed by atoms with Gasteiger partial charge in [-0.15, -0.1) is 0 Å². The maximum absolute atomic E-state index is 5.96. The van der Waals surface area contributed by atoms with Gasteiger partial charge in [0.1, 0.15) is 0 Å². The summed E-state index contributed by atoms with van der Waals surface area (Å²) in [5, 5.41) is 2.19. The number of benzene rings is 1. The highest BCUT2D eigenvalue weighted by molar-refractivity contribution is 6.39. The fourth-order valence-corrected chi connectivity index (χ4v) is 1.72. The third-order valence-electron chi connectivity index (χ3n) is 1.81. The molecule has 0 aliphatic heterocycles. The molecule has 2 rings (SSSR count). The van der Waals surface area contributed by atoms with Gasteiger partial charge in [-0.2, -0.15) is 0 Å². The van der Waals surface area contributed by atoms with Gasteiger partial charge in [0.05, 0.1) is 16.3 Å². The lowest BCUT2D eigenvalue weighted by Gasteiger charge is -1.95. The highest BCUT2D eigenvalue weighted by Crippen LogP contribution is 2.32. The molecule has 62 valence electrons. The van der Waals surface area contributed by atoms with E-state index in [0.717, 1.165) is 10.9 Å². The maximum atomic E-state index is 5.96. The number of aryl methyl sites for hydroxylation is 1. The van der Waals surface area contributed by atoms with Gasteiger partial charge in [0.2, 0.25) is 0 Å². The minimum Gasteiger partial charge on any atom is -0.462 e. The predicted octanol–water partition coefficient (Wildman–Crippen LogP) is 4.05. The smallest absolute Gasteiger partial charge is 0.154 e. The van der Waals surface area contributed by atoms with Crippen molar-refractivity contribution in [1.82, 2.24) is 0 Å². The SMILES string of the molecule is Cc1coc2c(Cl)ccc(Cl)c12. The van der Waals surface area contributed by atoms with Gasteiger partial charge in [-0.3, -0.25) is 0 Å². The molecule has 12 heavy (non-hydrogen) atoms. The number of rotatable bonds is 0. The van der Waals surface area contributed by atoms with Gasteiger partial charge in [0.25, 0.3) is 0 Å². The highest BCUT2D eigenvalue weighted by Gasteiger charge is 2.08. The zero-order valence-corrected chi connectivity index (χ0v) is 7.91. The zero-order chi connectivity index (χ0) is 8.72. The molecule has 2 aromatic rings. The van der Waals surface area contributed by atoms with E-state index in [1.165, 1.54) is 0 Å². The number of halogens is 2. The Balaban J connectivity index is 2.98. The fourth-order valence-electron chi connectivity index (χ4n) is 1.22. The lowest BCUT2D eigenvalue weighted by atomic mass is 10.2. The normalized spacial score (nSPS) is 10.9. The third-order valence-corrected chi connectivity index (χ3v) is 2.42. The van der Waals surface area contributed by atoms with Gasteiger partial charge in [-0.05, 0) is 24.6 Å². The topological polar surface area (TPSA) is 13.1 Å². The summed E-state index contributed by atoms with van der Waals surface area (Å²) in [4.78, 5) is 0. The van der Waals surface area contributed by atoms with E-state index < -0.39 is 0 Å². The van der Waals surface area contributed by atoms with Gasteiger partial charge in [0, 0.05) is 5.39 Å². The van der Waals surface area contributed by atoms with E-state index >= 15 is 0 Å². The van der Waals surface area contributed by atoms with Gasteiger partial charge < -0.3 is 4.42 Å². The van der Waals surface area contributed by atoms with Crippen LogP contribution in [-0.4, -0.2) is 0 Å². The van der Waals surface area contributed by atoms with Crippen LogP contribution in [0.15, 0.2) is 22.8 Å². The lowest BCUT2D eigenvalue weighted by molar-refractivity contribution is 0.613. The quantitative estimate of drug-likeness (QED) is 0.626. The molecule has 0 aliphatic carbocycles. The van der Waals surface area contributed by atoms with Crippen LogP contribution in [0.25, 0.3) is 11.0 Å². The predicted molar refractivity (Wildman–Crippen MR) is 51.0 cm³/mol. The van der Waals surface area contributed by atoms with Gasteiger partial charge in [-0.1, -0.05) is 23.2 Å². The molecular weight excluding hydrogens is 195 g/mol. The molecule has 0 bridgehead atoms. The Morgan fingerprint density at radius 3 is 2.50 bits per heavy atom. The number of furan rings is 1. The second-order valence-corrected chi connectivity index (χ2v) is 3.47. The molecular formula is C9H6Cl2O. The van der Waals surface area contributed by atoms with Crippen molar-refractivity contribution < 1.29 is 4.42 Å². The number of hydrogen-bond donors (Lipinski definition) is 0. The van der Waals surface area contributed by atoms with Crippen molar-refractivity contribution in [2.45, 2.75) is 6.92 Å². The van der Waals surface area contributed by atoms with Crippen molar-refractivity contribution in [3.8, 4) is 0 Å². The van der Waals surface area contributed by atoms with E-state index in [4.69, 9.17) is 27.6 Å². The van der Waals surface area contributed by atoms with Crippen molar-refractivity contribution in [3.63, 3.8) is 0 Å². The second-order valence-electron chi connectivity index (χ2n) is 2.65. The first-order chi connectivity index (χ1) is 5.70. The molecule has 0 unspecified atom stereocenters. The van der Waals surface area contributed by atoms with Crippen molar-refractivity contribution in [2.24, 2.45) is 0 Å². The molecule has 0 N–H and O–H groups in total. The van der Waals surface area contributed by atoms with Gasteiger partial charge in [0.15, 0.2) is 5.58 Å². The Hall–Kier alpha value is -0.660. The molecule has 0 saturated carbocycles. The van der Waals surface area contributed by atoms with Crippen LogP contribution in [0.1, 0.15) is 5.56 Å². The Morgan fingerprint density at radius 1 is 1.17 bits per heavy atom. The summed E-state index contributed by atoms with van der Waals surface area (Å²) in [7, 11) is 0. The summed E-state index contributed by atoms with van der Waals surface area (Å²) in [5.74, 6) is 0. The number of hydrogen-bond acceptors (Lipinski definition) is 1. The maximum Gasteiger partial charge on any atom is 0.154 e. The highest BCUT2D eigenvalue weighted by atomic mass is 35.5. The Kier molecular flexibility index (Phi) is 1.78. The summed E-state index contributed by atoms with van der Waals surface area (Å²) in [6.07, 6.45) is 1.66. The van der Waals surface area contributed by atoms with Crippen LogP contribution in [0.2, 0.25) is 10.0 Å². The van der Waals surface area contributed by atoms with Crippen LogP contribution in [0, 0.1) is 6.92 Å². The molecule has 1 nitrogen and oxygen atoms in total. The summed E-state index contributed by atoms with van der Waals surface area (Å²) in [6.45, 7) is 1.94. The molecule has 0 amide bonds. The zero-order valence-electron chi connectivity index (χ0n) is 6.40. The van der Waals surface area contributed by atoms with E-state index in [-0.39, 0.29) is 0 Å². The van der Waals surface area contributed by atoms with Crippen LogP contribution in [0.4, 0.5) is 0 Å². The minimum atomic E-state index is 0.600. The molecule has 0 fully saturated rings. The van der Waals surface area contributed by atoms with E-state index in [9.17, 15) is 0 Å². The van der Waals surface area contributed by atoms with E-state index in [1.54, 1.807) is 18.4 Å². The van der Waals surface area contributed by atoms with Crippen LogP contribution in [0.3, 0.4) is 0 Å². The molecule has 0 radical (unpaired) electrons. The lowest BCUT2D eigenvalue weighted by Crippen LogP contribution is -1.71. The largest absolute Gasteiger partial charge is 0.462 e. The molecule has 0 aliphatic rings. The average molecular weight is 201 g/mol. The molecule has 0 spiro atoms. The monoisotopic (exact) mass is 200 g/mol. The van der Waals surface area contributed by atoms with Crippen LogP contribution in [-0.2, 0) is 0 Å². The van der Waals surface area contributed by atoms with Gasteiger partial charge >= 0.3 is 0 Å². The van der Waals surface area contributed by atoms with Crippen LogP contribution in [0.5, 0.6) is 0 Å². The van der Waals surface area contributed by atoms with E-state index in [1.807, 2.05) is 6.92 Å². The Labute approximate surface area is 79.9 Å². The average Bonchev–Trinajstić information content (AvgIpc) is 2.42. The molecule has 1 aromatic carbocycles. The van der Waals surface area contributed by atoms with Crippen molar-refractivity contribution in [1.29, 1.82) is 0 Å². The Bertz CT molecular complexity index is 431. The molecule has 3 heteroatoms. The van der Waals surface area contributed by atoms with Crippen molar-refractivity contribution >= 4 is 34.2 Å². The van der Waals surface area contributed by atoms with Crippen molar-refractivity contribution in [3.05, 3.63) is 34.0 Å². The number of fused-ring (bicyclic) bond motifs is 1. The minimum absolute atomic E-state index is 0.600. The Morgan fingerprint density at radius 2 is 1.83 bits per heavy atom. The summed E-state index contributed by atoms with van der Waals surface area (Å²) < 4.78 is 5.24. The van der Waals surface area contributed by atoms with Crippen LogP contribution < -0.4 is 0 Å². The fraction of sp³-hybridized carbons (Fsp3) is 0.111. The standard InChI is InChI=1S/C9H6Cl2O/c1-5-4-12-9-7(11)3-2-6(10)8(5)9/h2-4H,1H3. The first kappa shape index (κ1) is 7.96. The van der Waals surface area contributed by atoms with Crippen molar-refractivity contribution in [2.75, 3.05) is 0 Å². The third kappa shape index (κ3) is 1.01. The summed E-state index contributed by atoms with van der Waals surface area (Å²) in [6, 6.07) is 3.50. The molecule has 1 aromatic heterocycles. The molecule has 0 saturated heterocycles. The first-order valence-corrected chi connectivity index (χ1v) is 4.27. The first-order valence-electron chi connectivity index (χ1n) is 3.52. The van der Waals surface area contributed by atoms with Gasteiger partial charge in [-0.25, -0.2) is 0 Å². The van der Waals surface area contributed by atoms with E-state index in [0.29, 0.717) is 15.6 Å². The van der Waals surface area contributed by atoms with Crippen LogP contribution >= 0.6 is 23.2 Å².